The first-order valence-electron chi connectivity index (χ1n) is 8.70. The monoisotopic (exact) mass is 408 g/mol. The number of aliphatic carboxylic acids is 1. The first-order valence-corrected chi connectivity index (χ1v) is 8.70. The molecule has 154 valence electrons. The maximum atomic E-state index is 12.5. The summed E-state index contributed by atoms with van der Waals surface area (Å²) >= 11 is 0. The number of carboxylic acid groups (broad SMARTS) is 1. The van der Waals surface area contributed by atoms with Crippen LogP contribution < -0.4 is 15.4 Å². The van der Waals surface area contributed by atoms with Crippen molar-refractivity contribution in [2.75, 3.05) is 6.54 Å². The number of rotatable bonds is 9. The van der Waals surface area contributed by atoms with Crippen molar-refractivity contribution in [3.8, 4) is 11.5 Å². The van der Waals surface area contributed by atoms with E-state index in [1.165, 1.54) is 24.3 Å². The van der Waals surface area contributed by atoms with Crippen LogP contribution in [0, 0.1) is 0 Å². The maximum Gasteiger partial charge on any atom is 0.322 e. The van der Waals surface area contributed by atoms with Gasteiger partial charge in [-0.3, -0.25) is 14.4 Å². The average Bonchev–Trinajstić information content (AvgIpc) is 2.72. The minimum absolute atomic E-state index is 0.0406. The number of hydrogen-bond acceptors (Lipinski definition) is 5. The van der Waals surface area contributed by atoms with E-state index in [1.807, 2.05) is 0 Å². The Morgan fingerprint density at radius 2 is 1.73 bits per heavy atom. The van der Waals surface area contributed by atoms with Crippen LogP contribution in [0.2, 0.25) is 0 Å². The number of carbonyl (C=O) groups is 3. The van der Waals surface area contributed by atoms with Gasteiger partial charge in [-0.25, -0.2) is 0 Å². The Morgan fingerprint density at radius 3 is 2.33 bits per heavy atom. The minimum Gasteiger partial charge on any atom is -0.507 e. The molecule has 2 aromatic rings. The summed E-state index contributed by atoms with van der Waals surface area (Å²) in [6.45, 7) is 6.56. The number of phenols is 1. The molecule has 0 aliphatic heterocycles. The molecule has 0 aromatic heterocycles. The lowest BCUT2D eigenvalue weighted by Gasteiger charge is -2.11. The Morgan fingerprint density at radius 1 is 1.07 bits per heavy atom. The van der Waals surface area contributed by atoms with E-state index in [4.69, 9.17) is 9.84 Å². The number of phenolic OH excluding ortho intramolecular Hbond substituents is 1. The normalized spacial score (nSPS) is 10.6. The van der Waals surface area contributed by atoms with Crippen LogP contribution in [-0.2, 0) is 9.59 Å². The number of carbonyl (C=O) groups excluding carboxylic acids is 2. The number of benzene rings is 2. The number of hydrogen-bond donors (Lipinski definition) is 4. The van der Waals surface area contributed by atoms with Crippen molar-refractivity contribution in [3.63, 3.8) is 0 Å². The van der Waals surface area contributed by atoms with Crippen LogP contribution >= 0.6 is 0 Å². The number of nitrogens with one attached hydrogen (secondary N) is 2. The van der Waals surface area contributed by atoms with E-state index in [0.717, 1.165) is 0 Å². The zero-order valence-electron chi connectivity index (χ0n) is 15.9. The first kappa shape index (κ1) is 22.0. The first-order chi connectivity index (χ1) is 14.3. The second-order valence-electron chi connectivity index (χ2n) is 5.95. The predicted octanol–water partition coefficient (Wildman–Crippen LogP) is 2.44. The van der Waals surface area contributed by atoms with Crippen LogP contribution in [0.1, 0.15) is 15.9 Å². The molecule has 0 aliphatic carbocycles. The number of carboxylic acids is 1. The van der Waals surface area contributed by atoms with Gasteiger partial charge in [-0.15, -0.1) is 0 Å². The summed E-state index contributed by atoms with van der Waals surface area (Å²) in [5, 5.41) is 23.2. The van der Waals surface area contributed by atoms with Gasteiger partial charge in [-0.05, 0) is 42.0 Å². The van der Waals surface area contributed by atoms with E-state index in [1.54, 1.807) is 36.4 Å². The van der Waals surface area contributed by atoms with Gasteiger partial charge in [-0.1, -0.05) is 37.4 Å². The van der Waals surface area contributed by atoms with Gasteiger partial charge in [0, 0.05) is 0 Å². The second kappa shape index (κ2) is 10.3. The fourth-order valence-electron chi connectivity index (χ4n) is 2.26. The van der Waals surface area contributed by atoms with Gasteiger partial charge < -0.3 is 25.6 Å². The fraction of sp³-hybridized carbons (Fsp3) is 0.0455. The highest BCUT2D eigenvalue weighted by atomic mass is 16.5. The standard InChI is InChI=1S/C22H20N2O6/c1-3-14(2)30-16-10-8-15(9-11-16)12-18(22(29)23-13-20(26)27)24-21(28)17-6-4-5-7-19(17)25/h3-12,25H,1-2,13H2,(H,23,29)(H,24,28)(H,26,27)/b18-12-. The van der Waals surface area contributed by atoms with E-state index >= 15 is 0 Å². The van der Waals surface area contributed by atoms with Gasteiger partial charge in [0.15, 0.2) is 0 Å². The third kappa shape index (κ3) is 6.38. The van der Waals surface area contributed by atoms with Gasteiger partial charge in [0.1, 0.15) is 29.5 Å². The molecule has 2 amide bonds. The SMILES string of the molecule is C=CC(=C)Oc1ccc(/C=C(\NC(=O)c2ccccc2O)C(=O)NCC(=O)O)cc1. The molecular weight excluding hydrogens is 388 g/mol. The van der Waals surface area contributed by atoms with Crippen LogP contribution in [0.25, 0.3) is 6.08 Å². The Labute approximate surface area is 172 Å². The Kier molecular flexibility index (Phi) is 7.53. The molecule has 0 saturated heterocycles. The number of amides is 2. The molecule has 30 heavy (non-hydrogen) atoms. The van der Waals surface area contributed by atoms with Crippen molar-refractivity contribution >= 4 is 23.9 Å². The number of aromatic hydroxyl groups is 1. The molecule has 0 saturated carbocycles. The molecule has 0 bridgehead atoms. The van der Waals surface area contributed by atoms with Gasteiger partial charge in [0.25, 0.3) is 11.8 Å². The van der Waals surface area contributed by atoms with Crippen molar-refractivity contribution in [2.24, 2.45) is 0 Å². The van der Waals surface area contributed by atoms with Gasteiger partial charge in [0.2, 0.25) is 0 Å². The lowest BCUT2D eigenvalue weighted by Crippen LogP contribution is -2.37. The third-order valence-corrected chi connectivity index (χ3v) is 3.71. The highest BCUT2D eigenvalue weighted by molar-refractivity contribution is 6.06. The summed E-state index contributed by atoms with van der Waals surface area (Å²) < 4.78 is 5.40. The molecule has 0 unspecified atom stereocenters. The summed E-state index contributed by atoms with van der Waals surface area (Å²) in [5.74, 6) is -2.18. The highest BCUT2D eigenvalue weighted by Crippen LogP contribution is 2.18. The summed E-state index contributed by atoms with van der Waals surface area (Å²) in [6.07, 6.45) is 2.81. The third-order valence-electron chi connectivity index (χ3n) is 3.71. The quantitative estimate of drug-likeness (QED) is 0.287. The number of allylic oxidation sites excluding steroid dienone is 1. The van der Waals surface area contributed by atoms with Crippen molar-refractivity contribution < 1.29 is 29.3 Å². The molecule has 2 aromatic carbocycles. The highest BCUT2D eigenvalue weighted by Gasteiger charge is 2.17. The molecule has 0 atom stereocenters. The van der Waals surface area contributed by atoms with Crippen LogP contribution in [0.15, 0.2) is 79.2 Å². The zero-order chi connectivity index (χ0) is 22.1. The topological polar surface area (TPSA) is 125 Å². The molecule has 0 aliphatic rings. The minimum atomic E-state index is -1.24. The summed E-state index contributed by atoms with van der Waals surface area (Å²) in [6, 6.07) is 12.3. The molecular formula is C22H20N2O6. The lowest BCUT2D eigenvalue weighted by molar-refractivity contribution is -0.137. The van der Waals surface area contributed by atoms with Crippen LogP contribution in [-0.4, -0.2) is 34.5 Å². The van der Waals surface area contributed by atoms with Gasteiger partial charge in [-0.2, -0.15) is 0 Å². The molecule has 2 rings (SSSR count). The zero-order valence-corrected chi connectivity index (χ0v) is 15.9. The maximum absolute atomic E-state index is 12.5. The summed E-state index contributed by atoms with van der Waals surface area (Å²) in [7, 11) is 0. The molecule has 0 heterocycles. The van der Waals surface area contributed by atoms with Crippen molar-refractivity contribution in [1.29, 1.82) is 0 Å². The van der Waals surface area contributed by atoms with E-state index < -0.39 is 24.3 Å². The number of para-hydroxylation sites is 1. The Balaban J connectivity index is 2.28. The average molecular weight is 408 g/mol. The molecule has 0 radical (unpaired) electrons. The van der Waals surface area contributed by atoms with Crippen molar-refractivity contribution in [2.45, 2.75) is 0 Å². The Hall–Kier alpha value is -4.33. The van der Waals surface area contributed by atoms with Crippen molar-refractivity contribution in [1.82, 2.24) is 10.6 Å². The van der Waals surface area contributed by atoms with E-state index in [-0.39, 0.29) is 17.0 Å². The fourth-order valence-corrected chi connectivity index (χ4v) is 2.26. The largest absolute Gasteiger partial charge is 0.507 e. The van der Waals surface area contributed by atoms with E-state index in [2.05, 4.69) is 23.8 Å². The molecule has 0 spiro atoms. The van der Waals surface area contributed by atoms with Gasteiger partial charge >= 0.3 is 5.97 Å². The van der Waals surface area contributed by atoms with E-state index in [9.17, 15) is 19.5 Å². The lowest BCUT2D eigenvalue weighted by atomic mass is 10.1. The number of ether oxygens (including phenoxy) is 1. The Bertz CT molecular complexity index is 1010. The van der Waals surface area contributed by atoms with Gasteiger partial charge in [0.05, 0.1) is 5.56 Å². The van der Waals surface area contributed by atoms with Crippen LogP contribution in [0.3, 0.4) is 0 Å². The molecule has 8 nitrogen and oxygen atoms in total. The smallest absolute Gasteiger partial charge is 0.322 e. The molecule has 4 N–H and O–H groups in total. The van der Waals surface area contributed by atoms with Crippen LogP contribution in [0.4, 0.5) is 0 Å². The summed E-state index contributed by atoms with van der Waals surface area (Å²) in [5.41, 5.74) is 0.291. The predicted molar refractivity (Wildman–Crippen MR) is 111 cm³/mol. The molecule has 0 fully saturated rings. The summed E-state index contributed by atoms with van der Waals surface area (Å²) in [4.78, 5) is 35.6. The second-order valence-corrected chi connectivity index (χ2v) is 5.95. The van der Waals surface area contributed by atoms with E-state index in [0.29, 0.717) is 17.1 Å². The van der Waals surface area contributed by atoms with Crippen molar-refractivity contribution in [3.05, 3.63) is 90.3 Å². The van der Waals surface area contributed by atoms with Crippen LogP contribution in [0.5, 0.6) is 11.5 Å². The molecule has 8 heteroatoms.